The lowest BCUT2D eigenvalue weighted by Crippen LogP contribution is -2.30. The van der Waals surface area contributed by atoms with E-state index in [2.05, 4.69) is 0 Å². The van der Waals surface area contributed by atoms with E-state index in [9.17, 15) is 4.79 Å². The van der Waals surface area contributed by atoms with Crippen molar-refractivity contribution < 1.29 is 4.79 Å². The summed E-state index contributed by atoms with van der Waals surface area (Å²) in [6, 6.07) is 5.05. The molecule has 0 saturated carbocycles. The molecule has 1 amide bonds. The third-order valence-electron chi connectivity index (χ3n) is 1.30. The molecule has 0 aliphatic rings. The fourth-order valence-corrected chi connectivity index (χ4v) is 1.50. The first-order valence-electron chi connectivity index (χ1n) is 3.11. The highest BCUT2D eigenvalue weighted by Crippen LogP contribution is 2.17. The first-order valence-corrected chi connectivity index (χ1v) is 4.57. The molecule has 0 aromatic heterocycles. The van der Waals surface area contributed by atoms with Crippen molar-refractivity contribution in [2.75, 3.05) is 0 Å². The summed E-state index contributed by atoms with van der Waals surface area (Å²) in [7, 11) is 0. The van der Waals surface area contributed by atoms with Gasteiger partial charge in [-0.2, -0.15) is 0 Å². The highest BCUT2D eigenvalue weighted by atomic mass is 127. The lowest BCUT2D eigenvalue weighted by molar-refractivity contribution is 0.0953. The number of nitrogens with one attached hydrogen (secondary N) is 1. The van der Waals surface area contributed by atoms with Crippen LogP contribution in [0.3, 0.4) is 0 Å². The summed E-state index contributed by atoms with van der Waals surface area (Å²) in [6.45, 7) is 0. The number of hydrogen-bond acceptors (Lipinski definition) is 2. The molecule has 64 valence electrons. The monoisotopic (exact) mass is 296 g/mol. The minimum Gasteiger partial charge on any atom is -0.290 e. The lowest BCUT2D eigenvalue weighted by atomic mass is 10.2. The molecule has 0 aliphatic carbocycles. The van der Waals surface area contributed by atoms with Crippen molar-refractivity contribution in [1.82, 2.24) is 5.43 Å². The van der Waals surface area contributed by atoms with E-state index in [1.807, 2.05) is 28.0 Å². The SMILES string of the molecule is NNC(=O)c1cc(Cl)ccc1I. The number of nitrogen functional groups attached to an aromatic ring is 1. The Morgan fingerprint density at radius 2 is 2.25 bits per heavy atom. The molecule has 12 heavy (non-hydrogen) atoms. The van der Waals surface area contributed by atoms with Gasteiger partial charge in [0.1, 0.15) is 0 Å². The zero-order valence-corrected chi connectivity index (χ0v) is 8.89. The second-order valence-electron chi connectivity index (χ2n) is 2.10. The first kappa shape index (κ1) is 9.76. The van der Waals surface area contributed by atoms with Gasteiger partial charge in [-0.3, -0.25) is 10.2 Å². The van der Waals surface area contributed by atoms with Gasteiger partial charge in [-0.25, -0.2) is 5.84 Å². The predicted molar refractivity (Wildman–Crippen MR) is 55.8 cm³/mol. The van der Waals surface area contributed by atoms with Crippen LogP contribution >= 0.6 is 34.2 Å². The molecule has 0 aliphatic heterocycles. The molecule has 0 fully saturated rings. The molecule has 0 heterocycles. The Labute approximate surface area is 88.4 Å². The van der Waals surface area contributed by atoms with Crippen LogP contribution in [0, 0.1) is 3.57 Å². The largest absolute Gasteiger partial charge is 0.290 e. The smallest absolute Gasteiger partial charge is 0.266 e. The first-order chi connectivity index (χ1) is 5.65. The van der Waals surface area contributed by atoms with E-state index >= 15 is 0 Å². The van der Waals surface area contributed by atoms with Gasteiger partial charge in [0.25, 0.3) is 5.91 Å². The number of rotatable bonds is 1. The van der Waals surface area contributed by atoms with Crippen LogP contribution in [-0.4, -0.2) is 5.91 Å². The zero-order valence-electron chi connectivity index (χ0n) is 5.97. The third kappa shape index (κ3) is 2.09. The molecule has 0 radical (unpaired) electrons. The Balaban J connectivity index is 3.13. The Morgan fingerprint density at radius 1 is 1.58 bits per heavy atom. The van der Waals surface area contributed by atoms with Gasteiger partial charge >= 0.3 is 0 Å². The van der Waals surface area contributed by atoms with E-state index in [0.717, 1.165) is 3.57 Å². The number of hydrazine groups is 1. The summed E-state index contributed by atoms with van der Waals surface area (Å²) < 4.78 is 0.819. The molecule has 0 atom stereocenters. The van der Waals surface area contributed by atoms with Gasteiger partial charge in [-0.05, 0) is 40.8 Å². The predicted octanol–water partition coefficient (Wildman–Crippen LogP) is 1.55. The second-order valence-corrected chi connectivity index (χ2v) is 3.70. The van der Waals surface area contributed by atoms with Gasteiger partial charge in [0, 0.05) is 8.59 Å². The van der Waals surface area contributed by atoms with E-state index in [1.165, 1.54) is 0 Å². The summed E-state index contributed by atoms with van der Waals surface area (Å²) in [4.78, 5) is 11.1. The highest BCUT2D eigenvalue weighted by molar-refractivity contribution is 14.1. The van der Waals surface area contributed by atoms with Crippen LogP contribution in [0.2, 0.25) is 5.02 Å². The molecule has 5 heteroatoms. The molecule has 1 rings (SSSR count). The van der Waals surface area contributed by atoms with Crippen molar-refractivity contribution in [2.45, 2.75) is 0 Å². The van der Waals surface area contributed by atoms with E-state index in [4.69, 9.17) is 17.4 Å². The average molecular weight is 296 g/mol. The number of nitrogens with two attached hydrogens (primary N) is 1. The standard InChI is InChI=1S/C7H6ClIN2O/c8-4-1-2-6(9)5(3-4)7(12)11-10/h1-3H,10H2,(H,11,12). The number of amides is 1. The third-order valence-corrected chi connectivity index (χ3v) is 2.48. The average Bonchev–Trinajstić information content (AvgIpc) is 2.08. The van der Waals surface area contributed by atoms with Gasteiger partial charge < -0.3 is 0 Å². The van der Waals surface area contributed by atoms with Crippen molar-refractivity contribution in [3.63, 3.8) is 0 Å². The van der Waals surface area contributed by atoms with E-state index in [-0.39, 0.29) is 5.91 Å². The molecular formula is C7H6ClIN2O. The van der Waals surface area contributed by atoms with E-state index in [1.54, 1.807) is 18.2 Å². The molecule has 0 spiro atoms. The van der Waals surface area contributed by atoms with Crippen LogP contribution < -0.4 is 11.3 Å². The van der Waals surface area contributed by atoms with Crippen LogP contribution in [0.1, 0.15) is 10.4 Å². The van der Waals surface area contributed by atoms with Crippen LogP contribution in [0.5, 0.6) is 0 Å². The quantitative estimate of drug-likeness (QED) is 0.357. The zero-order chi connectivity index (χ0) is 9.14. The van der Waals surface area contributed by atoms with Crippen LogP contribution in [0.15, 0.2) is 18.2 Å². The summed E-state index contributed by atoms with van der Waals surface area (Å²) >= 11 is 7.73. The van der Waals surface area contributed by atoms with Crippen molar-refractivity contribution >= 4 is 40.1 Å². The maximum absolute atomic E-state index is 11.1. The molecule has 0 saturated heterocycles. The molecule has 0 unspecified atom stereocenters. The Morgan fingerprint density at radius 3 is 2.83 bits per heavy atom. The van der Waals surface area contributed by atoms with Crippen LogP contribution in [0.25, 0.3) is 0 Å². The van der Waals surface area contributed by atoms with Gasteiger partial charge in [-0.15, -0.1) is 0 Å². The number of hydrogen-bond donors (Lipinski definition) is 2. The number of benzene rings is 1. The minimum absolute atomic E-state index is 0.332. The molecule has 1 aromatic carbocycles. The van der Waals surface area contributed by atoms with Crippen molar-refractivity contribution in [1.29, 1.82) is 0 Å². The van der Waals surface area contributed by atoms with Crippen molar-refractivity contribution in [3.05, 3.63) is 32.4 Å². The molecule has 0 bridgehead atoms. The maximum Gasteiger partial charge on any atom is 0.266 e. The number of halogens is 2. The van der Waals surface area contributed by atoms with Gasteiger partial charge in [0.05, 0.1) is 5.56 Å². The Kier molecular flexibility index (Phi) is 3.30. The Hall–Kier alpha value is -0.330. The fraction of sp³-hybridized carbons (Fsp3) is 0. The topological polar surface area (TPSA) is 55.1 Å². The number of carbonyl (C=O) groups excluding carboxylic acids is 1. The van der Waals surface area contributed by atoms with Crippen LogP contribution in [0.4, 0.5) is 0 Å². The van der Waals surface area contributed by atoms with Crippen LogP contribution in [-0.2, 0) is 0 Å². The number of carbonyl (C=O) groups is 1. The second kappa shape index (κ2) is 4.06. The molecule has 1 aromatic rings. The van der Waals surface area contributed by atoms with Crippen molar-refractivity contribution in [2.24, 2.45) is 5.84 Å². The van der Waals surface area contributed by atoms with E-state index in [0.29, 0.717) is 10.6 Å². The fourth-order valence-electron chi connectivity index (χ4n) is 0.749. The lowest BCUT2D eigenvalue weighted by Gasteiger charge is -2.02. The minimum atomic E-state index is -0.332. The Bertz CT molecular complexity index is 316. The van der Waals surface area contributed by atoms with Gasteiger partial charge in [0.15, 0.2) is 0 Å². The normalized spacial score (nSPS) is 9.58. The van der Waals surface area contributed by atoms with Gasteiger partial charge in [0.2, 0.25) is 0 Å². The summed E-state index contributed by atoms with van der Waals surface area (Å²) in [5.41, 5.74) is 2.54. The summed E-state index contributed by atoms with van der Waals surface area (Å²) in [5.74, 6) is 4.65. The molecule has 3 N–H and O–H groups in total. The maximum atomic E-state index is 11.1. The highest BCUT2D eigenvalue weighted by Gasteiger charge is 2.07. The van der Waals surface area contributed by atoms with Gasteiger partial charge in [-0.1, -0.05) is 11.6 Å². The molecule has 3 nitrogen and oxygen atoms in total. The summed E-state index contributed by atoms with van der Waals surface area (Å²) in [6.07, 6.45) is 0. The summed E-state index contributed by atoms with van der Waals surface area (Å²) in [5, 5.41) is 0.522. The van der Waals surface area contributed by atoms with Crippen molar-refractivity contribution in [3.8, 4) is 0 Å². The van der Waals surface area contributed by atoms with E-state index < -0.39 is 0 Å². The molecular weight excluding hydrogens is 290 g/mol.